The molecule has 0 radical (unpaired) electrons. The largest absolute Gasteiger partial charge is 0.497 e. The summed E-state index contributed by atoms with van der Waals surface area (Å²) in [5, 5.41) is 6.29. The van der Waals surface area contributed by atoms with E-state index in [1.54, 1.807) is 7.11 Å². The smallest absolute Gasteiger partial charge is 0.234 e. The number of carbonyl (C=O) groups is 2. The Morgan fingerprint density at radius 1 is 0.966 bits per heavy atom. The Morgan fingerprint density at radius 2 is 1.55 bits per heavy atom. The lowest BCUT2D eigenvalue weighted by atomic mass is 10.0. The van der Waals surface area contributed by atoms with E-state index in [2.05, 4.69) is 20.4 Å². The highest BCUT2D eigenvalue weighted by Crippen LogP contribution is 2.41. The maximum atomic E-state index is 12.7. The summed E-state index contributed by atoms with van der Waals surface area (Å²) in [5.41, 5.74) is 1.15. The maximum Gasteiger partial charge on any atom is 0.234 e. The normalized spacial score (nSPS) is 21.4. The minimum absolute atomic E-state index is 0.0812. The molecule has 1 aromatic carbocycles. The van der Waals surface area contributed by atoms with E-state index in [1.165, 1.54) is 12.8 Å². The fraction of sp³-hybridized carbons (Fsp3) is 0.636. The Labute approximate surface area is 172 Å². The standard InChI is InChI=1S/C22H32N4O3/c1-29-19-8-4-17(5-9-19)22(16-2-3-16)24-21(28)15-26-12-10-25(11-13-26)14-20(27)23-18-6-7-18/h4-5,8-9,16,18,22H,2-3,6-7,10-15H2,1H3,(H,23,27)(H,24,28). The molecule has 1 saturated heterocycles. The first-order valence-electron chi connectivity index (χ1n) is 10.8. The van der Waals surface area contributed by atoms with Crippen molar-refractivity contribution >= 4 is 11.8 Å². The Bertz CT molecular complexity index is 707. The third-order valence-electron chi connectivity index (χ3n) is 6.03. The quantitative estimate of drug-likeness (QED) is 0.651. The van der Waals surface area contributed by atoms with Crippen molar-refractivity contribution < 1.29 is 14.3 Å². The SMILES string of the molecule is COc1ccc(C(NC(=O)CN2CCN(CC(=O)NC3CC3)CC2)C2CC2)cc1. The van der Waals surface area contributed by atoms with Crippen LogP contribution in [0.5, 0.6) is 5.75 Å². The number of ether oxygens (including phenoxy) is 1. The van der Waals surface area contributed by atoms with E-state index in [0.29, 0.717) is 25.0 Å². The molecule has 1 aromatic rings. The molecule has 0 bridgehead atoms. The topological polar surface area (TPSA) is 73.9 Å². The van der Waals surface area contributed by atoms with E-state index in [0.717, 1.165) is 50.3 Å². The van der Waals surface area contributed by atoms with Crippen LogP contribution in [0.15, 0.2) is 24.3 Å². The number of hydrogen-bond acceptors (Lipinski definition) is 5. The van der Waals surface area contributed by atoms with E-state index in [9.17, 15) is 9.59 Å². The summed E-state index contributed by atoms with van der Waals surface area (Å²) in [5.74, 6) is 1.58. The molecule has 29 heavy (non-hydrogen) atoms. The lowest BCUT2D eigenvalue weighted by Crippen LogP contribution is -2.51. The van der Waals surface area contributed by atoms with Crippen LogP contribution in [0.1, 0.15) is 37.3 Å². The number of rotatable bonds is 9. The summed E-state index contributed by atoms with van der Waals surface area (Å²) in [7, 11) is 1.66. The monoisotopic (exact) mass is 400 g/mol. The highest BCUT2D eigenvalue weighted by Gasteiger charge is 2.34. The molecule has 0 spiro atoms. The lowest BCUT2D eigenvalue weighted by Gasteiger charge is -2.34. The summed E-state index contributed by atoms with van der Waals surface area (Å²) in [6.45, 7) is 4.19. The minimum Gasteiger partial charge on any atom is -0.497 e. The van der Waals surface area contributed by atoms with Gasteiger partial charge < -0.3 is 15.4 Å². The molecule has 1 aliphatic heterocycles. The number of benzene rings is 1. The predicted octanol–water partition coefficient (Wildman–Crippen LogP) is 1.16. The van der Waals surface area contributed by atoms with Crippen molar-refractivity contribution in [1.82, 2.24) is 20.4 Å². The zero-order valence-electron chi connectivity index (χ0n) is 17.2. The van der Waals surface area contributed by atoms with Gasteiger partial charge in [0.15, 0.2) is 0 Å². The average molecular weight is 401 g/mol. The van der Waals surface area contributed by atoms with Gasteiger partial charge in [0, 0.05) is 32.2 Å². The van der Waals surface area contributed by atoms with Crippen LogP contribution in [0, 0.1) is 5.92 Å². The van der Waals surface area contributed by atoms with E-state index in [-0.39, 0.29) is 17.9 Å². The summed E-state index contributed by atoms with van der Waals surface area (Å²) in [6.07, 6.45) is 4.57. The molecule has 2 aliphatic carbocycles. The molecule has 3 aliphatic rings. The molecule has 7 nitrogen and oxygen atoms in total. The first kappa shape index (κ1) is 20.2. The van der Waals surface area contributed by atoms with E-state index in [1.807, 2.05) is 24.3 Å². The van der Waals surface area contributed by atoms with Crippen LogP contribution in [-0.4, -0.2) is 74.0 Å². The number of hydrogen-bond donors (Lipinski definition) is 2. The number of amides is 2. The van der Waals surface area contributed by atoms with Crippen LogP contribution in [-0.2, 0) is 9.59 Å². The Balaban J connectivity index is 1.22. The first-order valence-corrected chi connectivity index (χ1v) is 10.8. The van der Waals surface area contributed by atoms with Crippen molar-refractivity contribution in [2.75, 3.05) is 46.4 Å². The van der Waals surface area contributed by atoms with Crippen molar-refractivity contribution in [3.8, 4) is 5.75 Å². The third kappa shape index (κ3) is 5.93. The second-order valence-corrected chi connectivity index (χ2v) is 8.55. The van der Waals surface area contributed by atoms with E-state index < -0.39 is 0 Å². The molecule has 0 aromatic heterocycles. The van der Waals surface area contributed by atoms with E-state index >= 15 is 0 Å². The van der Waals surface area contributed by atoms with Gasteiger partial charge in [-0.3, -0.25) is 19.4 Å². The number of nitrogens with one attached hydrogen (secondary N) is 2. The Hall–Kier alpha value is -2.12. The predicted molar refractivity (Wildman–Crippen MR) is 111 cm³/mol. The molecular formula is C22H32N4O3. The zero-order valence-corrected chi connectivity index (χ0v) is 17.2. The molecule has 158 valence electrons. The number of piperazine rings is 1. The van der Waals surface area contributed by atoms with Gasteiger partial charge in [-0.15, -0.1) is 0 Å². The molecule has 4 rings (SSSR count). The minimum atomic E-state index is 0.0812. The van der Waals surface area contributed by atoms with Crippen molar-refractivity contribution in [1.29, 1.82) is 0 Å². The summed E-state index contributed by atoms with van der Waals surface area (Å²) >= 11 is 0. The fourth-order valence-electron chi connectivity index (χ4n) is 3.95. The molecule has 1 atom stereocenters. The van der Waals surface area contributed by atoms with Gasteiger partial charge in [-0.25, -0.2) is 0 Å². The van der Waals surface area contributed by atoms with Crippen LogP contribution in [0.2, 0.25) is 0 Å². The first-order chi connectivity index (χ1) is 14.1. The number of carbonyl (C=O) groups excluding carboxylic acids is 2. The maximum absolute atomic E-state index is 12.7. The van der Waals surface area contributed by atoms with Crippen LogP contribution in [0.3, 0.4) is 0 Å². The third-order valence-corrected chi connectivity index (χ3v) is 6.03. The Kier molecular flexibility index (Phi) is 6.35. The van der Waals surface area contributed by atoms with Gasteiger partial charge in [-0.05, 0) is 49.3 Å². The second kappa shape index (κ2) is 9.13. The fourth-order valence-corrected chi connectivity index (χ4v) is 3.95. The van der Waals surface area contributed by atoms with Crippen molar-refractivity contribution in [3.63, 3.8) is 0 Å². The lowest BCUT2D eigenvalue weighted by molar-refractivity contribution is -0.125. The zero-order chi connectivity index (χ0) is 20.2. The van der Waals surface area contributed by atoms with Crippen molar-refractivity contribution in [3.05, 3.63) is 29.8 Å². The molecule has 2 saturated carbocycles. The van der Waals surface area contributed by atoms with Gasteiger partial charge in [0.1, 0.15) is 5.75 Å². The van der Waals surface area contributed by atoms with Gasteiger partial charge in [0.2, 0.25) is 11.8 Å². The molecule has 1 heterocycles. The van der Waals surface area contributed by atoms with Gasteiger partial charge in [0.25, 0.3) is 0 Å². The van der Waals surface area contributed by atoms with Crippen LogP contribution >= 0.6 is 0 Å². The van der Waals surface area contributed by atoms with Crippen LogP contribution in [0.25, 0.3) is 0 Å². The Morgan fingerprint density at radius 3 is 2.07 bits per heavy atom. The number of methoxy groups -OCH3 is 1. The molecule has 2 N–H and O–H groups in total. The van der Waals surface area contributed by atoms with Crippen LogP contribution < -0.4 is 15.4 Å². The summed E-state index contributed by atoms with van der Waals surface area (Å²) in [4.78, 5) is 29.0. The van der Waals surface area contributed by atoms with Crippen molar-refractivity contribution in [2.24, 2.45) is 5.92 Å². The average Bonchev–Trinajstić information content (AvgIpc) is 3.63. The van der Waals surface area contributed by atoms with E-state index in [4.69, 9.17) is 4.74 Å². The van der Waals surface area contributed by atoms with Gasteiger partial charge in [-0.2, -0.15) is 0 Å². The molecular weight excluding hydrogens is 368 g/mol. The van der Waals surface area contributed by atoms with Gasteiger partial charge in [-0.1, -0.05) is 12.1 Å². The van der Waals surface area contributed by atoms with Crippen molar-refractivity contribution in [2.45, 2.75) is 37.8 Å². The van der Waals surface area contributed by atoms with Crippen LogP contribution in [0.4, 0.5) is 0 Å². The summed E-state index contributed by atoms with van der Waals surface area (Å²) < 4.78 is 5.24. The second-order valence-electron chi connectivity index (χ2n) is 8.55. The molecule has 2 amide bonds. The van der Waals surface area contributed by atoms with Gasteiger partial charge in [0.05, 0.1) is 26.2 Å². The molecule has 3 fully saturated rings. The number of nitrogens with zero attached hydrogens (tertiary/aromatic N) is 2. The van der Waals surface area contributed by atoms with Gasteiger partial charge >= 0.3 is 0 Å². The highest BCUT2D eigenvalue weighted by molar-refractivity contribution is 5.79. The highest BCUT2D eigenvalue weighted by atomic mass is 16.5. The summed E-state index contributed by atoms with van der Waals surface area (Å²) in [6, 6.07) is 8.50. The molecule has 7 heteroatoms. The molecule has 1 unspecified atom stereocenters.